The predicted molar refractivity (Wildman–Crippen MR) is 63.0 cm³/mol. The third-order valence-electron chi connectivity index (χ3n) is 2.49. The van der Waals surface area contributed by atoms with Crippen molar-refractivity contribution in [2.24, 2.45) is 0 Å². The van der Waals surface area contributed by atoms with Crippen LogP contribution in [0.25, 0.3) is 0 Å². The fraction of sp³-hybridized carbons (Fsp3) is 0.500. The Hall–Kier alpha value is -1.26. The van der Waals surface area contributed by atoms with E-state index in [1.807, 2.05) is 18.2 Å². The predicted octanol–water partition coefficient (Wildman–Crippen LogP) is 1.13. The molecule has 0 spiro atoms. The topological polar surface area (TPSA) is 50.7 Å². The molecule has 2 N–H and O–H groups in total. The maximum absolute atomic E-state index is 10.4. The number of hydrogen-bond donors (Lipinski definition) is 2. The molecule has 0 saturated heterocycles. The number of methoxy groups -OCH3 is 2. The SMILES string of the molecule is CNCC(C)(O)c1c(OC)cccc1OC. The molecule has 0 saturated carbocycles. The molecule has 1 aromatic rings. The monoisotopic (exact) mass is 225 g/mol. The summed E-state index contributed by atoms with van der Waals surface area (Å²) in [6.45, 7) is 2.15. The first-order chi connectivity index (χ1) is 7.56. The van der Waals surface area contributed by atoms with Gasteiger partial charge in [0.1, 0.15) is 17.1 Å². The highest BCUT2D eigenvalue weighted by atomic mass is 16.5. The highest BCUT2D eigenvalue weighted by Gasteiger charge is 2.29. The summed E-state index contributed by atoms with van der Waals surface area (Å²) in [6, 6.07) is 5.45. The van der Waals surface area contributed by atoms with Crippen molar-refractivity contribution >= 4 is 0 Å². The van der Waals surface area contributed by atoms with Crippen LogP contribution in [0.15, 0.2) is 18.2 Å². The van der Waals surface area contributed by atoms with Crippen molar-refractivity contribution in [2.45, 2.75) is 12.5 Å². The molecule has 1 atom stereocenters. The molecule has 0 aliphatic rings. The van der Waals surface area contributed by atoms with Crippen molar-refractivity contribution in [1.82, 2.24) is 5.32 Å². The molecule has 0 heterocycles. The van der Waals surface area contributed by atoms with Crippen LogP contribution in [0.2, 0.25) is 0 Å². The minimum Gasteiger partial charge on any atom is -0.496 e. The lowest BCUT2D eigenvalue weighted by atomic mass is 9.94. The molecule has 90 valence electrons. The van der Waals surface area contributed by atoms with Gasteiger partial charge in [-0.1, -0.05) is 6.07 Å². The molecule has 4 heteroatoms. The molecular weight excluding hydrogens is 206 g/mol. The van der Waals surface area contributed by atoms with E-state index in [4.69, 9.17) is 9.47 Å². The fourth-order valence-corrected chi connectivity index (χ4v) is 1.81. The Morgan fingerprint density at radius 3 is 2.12 bits per heavy atom. The van der Waals surface area contributed by atoms with Gasteiger partial charge in [0.25, 0.3) is 0 Å². The van der Waals surface area contributed by atoms with Crippen molar-refractivity contribution in [3.63, 3.8) is 0 Å². The Morgan fingerprint density at radius 1 is 1.25 bits per heavy atom. The van der Waals surface area contributed by atoms with Crippen LogP contribution in [0.3, 0.4) is 0 Å². The van der Waals surface area contributed by atoms with E-state index in [1.165, 1.54) is 0 Å². The van der Waals surface area contributed by atoms with Crippen molar-refractivity contribution in [3.05, 3.63) is 23.8 Å². The van der Waals surface area contributed by atoms with E-state index >= 15 is 0 Å². The zero-order valence-corrected chi connectivity index (χ0v) is 10.2. The van der Waals surface area contributed by atoms with Crippen LogP contribution in [0.5, 0.6) is 11.5 Å². The molecule has 0 fully saturated rings. The summed E-state index contributed by atoms with van der Waals surface area (Å²) in [5, 5.41) is 13.3. The van der Waals surface area contributed by atoms with E-state index in [2.05, 4.69) is 5.32 Å². The third kappa shape index (κ3) is 2.46. The van der Waals surface area contributed by atoms with Gasteiger partial charge >= 0.3 is 0 Å². The number of rotatable bonds is 5. The molecule has 1 unspecified atom stereocenters. The summed E-state index contributed by atoms with van der Waals surface area (Å²) in [5.41, 5.74) is -0.374. The molecular formula is C12H19NO3. The summed E-state index contributed by atoms with van der Waals surface area (Å²) in [5.74, 6) is 1.25. The number of hydrogen-bond acceptors (Lipinski definition) is 4. The Morgan fingerprint density at radius 2 is 1.75 bits per heavy atom. The Bertz CT molecular complexity index is 328. The first-order valence-electron chi connectivity index (χ1n) is 5.15. The molecule has 0 aromatic heterocycles. The molecule has 4 nitrogen and oxygen atoms in total. The summed E-state index contributed by atoms with van der Waals surface area (Å²) < 4.78 is 10.5. The molecule has 0 radical (unpaired) electrons. The second kappa shape index (κ2) is 5.18. The van der Waals surface area contributed by atoms with Crippen LogP contribution in [0, 0.1) is 0 Å². The molecule has 0 aliphatic heterocycles. The lowest BCUT2D eigenvalue weighted by Crippen LogP contribution is -2.34. The maximum atomic E-state index is 10.4. The van der Waals surface area contributed by atoms with Crippen molar-refractivity contribution in [2.75, 3.05) is 27.8 Å². The summed E-state index contributed by atoms with van der Waals surface area (Å²) >= 11 is 0. The van der Waals surface area contributed by atoms with Gasteiger partial charge in [-0.05, 0) is 26.1 Å². The smallest absolute Gasteiger partial charge is 0.128 e. The molecule has 1 rings (SSSR count). The van der Waals surface area contributed by atoms with Gasteiger partial charge < -0.3 is 19.9 Å². The van der Waals surface area contributed by atoms with E-state index in [-0.39, 0.29) is 0 Å². The van der Waals surface area contributed by atoms with Crippen LogP contribution in [-0.2, 0) is 5.60 Å². The van der Waals surface area contributed by atoms with E-state index in [9.17, 15) is 5.11 Å². The summed E-state index contributed by atoms with van der Waals surface area (Å²) in [6.07, 6.45) is 0. The van der Waals surface area contributed by atoms with Crippen LogP contribution >= 0.6 is 0 Å². The Labute approximate surface area is 96.2 Å². The minimum atomic E-state index is -1.04. The van der Waals surface area contributed by atoms with Gasteiger partial charge in [0, 0.05) is 6.54 Å². The molecule has 16 heavy (non-hydrogen) atoms. The second-order valence-electron chi connectivity index (χ2n) is 3.84. The largest absolute Gasteiger partial charge is 0.496 e. The highest BCUT2D eigenvalue weighted by Crippen LogP contribution is 2.37. The minimum absolute atomic E-state index is 0.420. The van der Waals surface area contributed by atoms with E-state index in [0.717, 1.165) is 0 Å². The first-order valence-corrected chi connectivity index (χ1v) is 5.15. The van der Waals surface area contributed by atoms with Crippen molar-refractivity contribution < 1.29 is 14.6 Å². The van der Waals surface area contributed by atoms with E-state index in [0.29, 0.717) is 23.6 Å². The van der Waals surface area contributed by atoms with Crippen molar-refractivity contribution in [3.8, 4) is 11.5 Å². The van der Waals surface area contributed by atoms with Crippen LogP contribution in [-0.4, -0.2) is 32.9 Å². The molecule has 1 aromatic carbocycles. The van der Waals surface area contributed by atoms with Gasteiger partial charge in [-0.2, -0.15) is 0 Å². The van der Waals surface area contributed by atoms with E-state index < -0.39 is 5.60 Å². The number of aliphatic hydroxyl groups is 1. The third-order valence-corrected chi connectivity index (χ3v) is 2.49. The van der Waals surface area contributed by atoms with Gasteiger partial charge in [0.05, 0.1) is 19.8 Å². The Balaban J connectivity index is 3.27. The number of nitrogens with one attached hydrogen (secondary N) is 1. The average Bonchev–Trinajstić information content (AvgIpc) is 2.27. The van der Waals surface area contributed by atoms with Gasteiger partial charge in [-0.25, -0.2) is 0 Å². The van der Waals surface area contributed by atoms with Gasteiger partial charge in [-0.3, -0.25) is 0 Å². The van der Waals surface area contributed by atoms with Crippen molar-refractivity contribution in [1.29, 1.82) is 0 Å². The number of ether oxygens (including phenoxy) is 2. The Kier molecular flexibility index (Phi) is 4.15. The lowest BCUT2D eigenvalue weighted by Gasteiger charge is -2.27. The van der Waals surface area contributed by atoms with Crippen LogP contribution in [0.1, 0.15) is 12.5 Å². The molecule has 0 amide bonds. The number of likely N-dealkylation sites (N-methyl/N-ethyl adjacent to an activating group) is 1. The van der Waals surface area contributed by atoms with Crippen LogP contribution < -0.4 is 14.8 Å². The zero-order chi connectivity index (χ0) is 12.2. The summed E-state index contributed by atoms with van der Waals surface area (Å²) in [4.78, 5) is 0. The summed E-state index contributed by atoms with van der Waals surface area (Å²) in [7, 11) is 4.94. The zero-order valence-electron chi connectivity index (χ0n) is 10.2. The maximum Gasteiger partial charge on any atom is 0.128 e. The molecule has 0 aliphatic carbocycles. The quantitative estimate of drug-likeness (QED) is 0.788. The lowest BCUT2D eigenvalue weighted by molar-refractivity contribution is 0.0538. The first kappa shape index (κ1) is 12.8. The average molecular weight is 225 g/mol. The molecule has 0 bridgehead atoms. The number of benzene rings is 1. The van der Waals surface area contributed by atoms with Gasteiger partial charge in [-0.15, -0.1) is 0 Å². The standard InChI is InChI=1S/C12H19NO3/c1-12(14,8-13-2)11-9(15-3)6-5-7-10(11)16-4/h5-7,13-14H,8H2,1-4H3. The van der Waals surface area contributed by atoms with E-state index in [1.54, 1.807) is 28.2 Å². The normalized spacial score (nSPS) is 14.3. The second-order valence-corrected chi connectivity index (χ2v) is 3.84. The van der Waals surface area contributed by atoms with Gasteiger partial charge in [0.2, 0.25) is 0 Å². The fourth-order valence-electron chi connectivity index (χ4n) is 1.81. The highest BCUT2D eigenvalue weighted by molar-refractivity contribution is 5.48. The van der Waals surface area contributed by atoms with Crippen LogP contribution in [0.4, 0.5) is 0 Å². The van der Waals surface area contributed by atoms with Gasteiger partial charge in [0.15, 0.2) is 0 Å².